The number of hydrogen-bond acceptors (Lipinski definition) is 8. The standard InChI is InChI=1S/C31H26F2N4O6/c1-3-31(42)18-8-23-26-16(11-37(23)29(40)17(18)12-43-30(31)41)25-21(36-28(39)27(38)15-10-34-7-6-19(15)32)5-4-14-13(2)20(33)9-22(35-26)24(14)25/h6-10,21,27,38,42H,3-5,11-12H2,1-2H3,(H,36,39)/t21-,27?,31-/m0/s1. The summed E-state index contributed by atoms with van der Waals surface area (Å²) >= 11 is 0. The zero-order valence-electron chi connectivity index (χ0n) is 23.2. The van der Waals surface area contributed by atoms with Crippen LogP contribution in [0.15, 0.2) is 35.4 Å². The second kappa shape index (κ2) is 9.48. The van der Waals surface area contributed by atoms with E-state index in [2.05, 4.69) is 10.3 Å². The number of nitrogens with zero attached hydrogens (tertiary/aromatic N) is 3. The average molecular weight is 589 g/mol. The number of aliphatic hydroxyl groups is 2. The lowest BCUT2D eigenvalue weighted by Gasteiger charge is -2.31. The van der Waals surface area contributed by atoms with Crippen LogP contribution in [-0.2, 0) is 39.5 Å². The van der Waals surface area contributed by atoms with Gasteiger partial charge in [0.2, 0.25) is 0 Å². The third-order valence-electron chi connectivity index (χ3n) is 9.03. The molecule has 0 saturated heterocycles. The zero-order valence-corrected chi connectivity index (χ0v) is 23.2. The summed E-state index contributed by atoms with van der Waals surface area (Å²) in [5.41, 5.74) is 0.982. The number of fused-ring (bicyclic) bond motifs is 5. The van der Waals surface area contributed by atoms with Crippen LogP contribution in [0.3, 0.4) is 0 Å². The van der Waals surface area contributed by atoms with Crippen molar-refractivity contribution in [2.45, 2.75) is 64.0 Å². The molecule has 1 amide bonds. The van der Waals surface area contributed by atoms with Crippen LogP contribution in [0, 0.1) is 18.6 Å². The molecule has 0 saturated carbocycles. The Balaban J connectivity index is 1.42. The van der Waals surface area contributed by atoms with Gasteiger partial charge in [0.05, 0.1) is 35.1 Å². The Labute approximate surface area is 243 Å². The summed E-state index contributed by atoms with van der Waals surface area (Å²) in [4.78, 5) is 48.1. The van der Waals surface area contributed by atoms with Crippen LogP contribution in [0.2, 0.25) is 0 Å². The molecular formula is C31H26F2N4O6. The van der Waals surface area contributed by atoms with Gasteiger partial charge >= 0.3 is 5.97 Å². The number of hydrogen-bond donors (Lipinski definition) is 3. The van der Waals surface area contributed by atoms with E-state index in [4.69, 9.17) is 9.72 Å². The van der Waals surface area contributed by atoms with Crippen molar-refractivity contribution < 1.29 is 33.3 Å². The van der Waals surface area contributed by atoms with Crippen molar-refractivity contribution in [1.82, 2.24) is 19.9 Å². The van der Waals surface area contributed by atoms with Gasteiger partial charge in [-0.1, -0.05) is 6.92 Å². The van der Waals surface area contributed by atoms with E-state index in [-0.39, 0.29) is 36.3 Å². The molecule has 10 nitrogen and oxygen atoms in total. The first-order valence-electron chi connectivity index (χ1n) is 13.9. The Bertz CT molecular complexity index is 1970. The van der Waals surface area contributed by atoms with Crippen LogP contribution in [0.4, 0.5) is 8.78 Å². The first kappa shape index (κ1) is 27.3. The Morgan fingerprint density at radius 2 is 2.02 bits per heavy atom. The number of cyclic esters (lactones) is 1. The smallest absolute Gasteiger partial charge is 0.343 e. The average Bonchev–Trinajstić information content (AvgIpc) is 3.37. The predicted octanol–water partition coefficient (Wildman–Crippen LogP) is 2.90. The SMILES string of the molecule is CC[C@@]1(O)C(=O)OCc2c1cc1n(c2=O)Cc2c-1nc1cc(F)c(C)c3c1c2[C@@H](NC(=O)C(O)c1cnccc1F)CC3. The van der Waals surface area contributed by atoms with Gasteiger partial charge in [-0.3, -0.25) is 14.6 Å². The fourth-order valence-electron chi connectivity index (χ4n) is 6.68. The van der Waals surface area contributed by atoms with Gasteiger partial charge in [-0.25, -0.2) is 18.6 Å². The van der Waals surface area contributed by atoms with Crippen molar-refractivity contribution in [3.05, 3.63) is 91.5 Å². The van der Waals surface area contributed by atoms with Crippen molar-refractivity contribution >= 4 is 22.8 Å². The number of benzene rings is 1. The summed E-state index contributed by atoms with van der Waals surface area (Å²) in [7, 11) is 0. The third-order valence-corrected chi connectivity index (χ3v) is 9.03. The number of carbonyl (C=O) groups is 2. The molecule has 0 radical (unpaired) electrons. The van der Waals surface area contributed by atoms with E-state index in [1.54, 1.807) is 19.9 Å². The Kier molecular flexibility index (Phi) is 6.02. The lowest BCUT2D eigenvalue weighted by molar-refractivity contribution is -0.172. The van der Waals surface area contributed by atoms with Crippen LogP contribution >= 0.6 is 0 Å². The molecule has 3 N–H and O–H groups in total. The largest absolute Gasteiger partial charge is 0.458 e. The third kappa shape index (κ3) is 3.79. The van der Waals surface area contributed by atoms with Gasteiger partial charge in [-0.15, -0.1) is 0 Å². The summed E-state index contributed by atoms with van der Waals surface area (Å²) < 4.78 is 36.1. The topological polar surface area (TPSA) is 144 Å². The molecule has 1 aromatic carbocycles. The second-order valence-electron chi connectivity index (χ2n) is 11.2. The normalized spacial score (nSPS) is 20.7. The minimum Gasteiger partial charge on any atom is -0.458 e. The predicted molar refractivity (Wildman–Crippen MR) is 148 cm³/mol. The number of carbonyl (C=O) groups excluding carboxylic acids is 2. The van der Waals surface area contributed by atoms with Gasteiger partial charge in [-0.05, 0) is 55.0 Å². The molecule has 220 valence electrons. The number of halogens is 2. The van der Waals surface area contributed by atoms with E-state index < -0.39 is 46.8 Å². The van der Waals surface area contributed by atoms with Crippen LogP contribution in [0.25, 0.3) is 22.3 Å². The molecule has 12 heteroatoms. The number of amides is 1. The van der Waals surface area contributed by atoms with Gasteiger partial charge in [-0.2, -0.15) is 0 Å². The quantitative estimate of drug-likeness (QED) is 0.272. The molecule has 2 aliphatic heterocycles. The monoisotopic (exact) mass is 588 g/mol. The fraction of sp³-hybridized carbons (Fsp3) is 0.323. The molecule has 3 aromatic heterocycles. The highest BCUT2D eigenvalue weighted by Gasteiger charge is 2.46. The molecule has 0 bridgehead atoms. The minimum atomic E-state index is -2.01. The number of aromatic nitrogens is 3. The lowest BCUT2D eigenvalue weighted by Crippen LogP contribution is -2.44. The molecule has 1 unspecified atom stereocenters. The molecule has 5 heterocycles. The van der Waals surface area contributed by atoms with Crippen LogP contribution in [0.1, 0.15) is 70.9 Å². The second-order valence-corrected chi connectivity index (χ2v) is 11.2. The van der Waals surface area contributed by atoms with Gasteiger partial charge in [0, 0.05) is 40.5 Å². The molecule has 3 atom stereocenters. The molecule has 7 rings (SSSR count). The fourth-order valence-corrected chi connectivity index (χ4v) is 6.68. The van der Waals surface area contributed by atoms with Gasteiger partial charge < -0.3 is 24.8 Å². The number of rotatable bonds is 4. The molecule has 43 heavy (non-hydrogen) atoms. The first-order valence-corrected chi connectivity index (χ1v) is 13.9. The molecule has 0 fully saturated rings. The van der Waals surface area contributed by atoms with E-state index in [1.165, 1.54) is 16.8 Å². The van der Waals surface area contributed by atoms with E-state index in [9.17, 15) is 29.0 Å². The maximum atomic E-state index is 15.1. The Morgan fingerprint density at radius 1 is 1.23 bits per heavy atom. The van der Waals surface area contributed by atoms with Crippen LogP contribution in [0.5, 0.6) is 0 Å². The summed E-state index contributed by atoms with van der Waals surface area (Å²) in [6.45, 7) is 3.06. The summed E-state index contributed by atoms with van der Waals surface area (Å²) in [6.07, 6.45) is 1.19. The summed E-state index contributed by atoms with van der Waals surface area (Å²) in [5.74, 6) is -2.92. The molecule has 4 aromatic rings. The molecular weight excluding hydrogens is 562 g/mol. The van der Waals surface area contributed by atoms with Crippen molar-refractivity contribution in [3.63, 3.8) is 0 Å². The summed E-state index contributed by atoms with van der Waals surface area (Å²) in [5, 5.41) is 25.4. The first-order chi connectivity index (χ1) is 20.5. The number of esters is 1. The Hall–Kier alpha value is -4.55. The van der Waals surface area contributed by atoms with E-state index in [0.29, 0.717) is 51.8 Å². The number of ether oxygens (including phenoxy) is 1. The van der Waals surface area contributed by atoms with Gasteiger partial charge in [0.25, 0.3) is 11.5 Å². The van der Waals surface area contributed by atoms with Gasteiger partial charge in [0.1, 0.15) is 18.2 Å². The maximum Gasteiger partial charge on any atom is 0.343 e. The Morgan fingerprint density at radius 3 is 2.77 bits per heavy atom. The molecule has 1 aliphatic carbocycles. The van der Waals surface area contributed by atoms with E-state index >= 15 is 4.39 Å². The van der Waals surface area contributed by atoms with Crippen molar-refractivity contribution in [2.75, 3.05) is 0 Å². The number of nitrogens with one attached hydrogen (secondary N) is 1. The highest BCUT2D eigenvalue weighted by Crippen LogP contribution is 2.46. The number of aryl methyl sites for hydroxylation is 1. The molecule has 3 aliphatic rings. The van der Waals surface area contributed by atoms with Crippen molar-refractivity contribution in [2.24, 2.45) is 0 Å². The van der Waals surface area contributed by atoms with Gasteiger partial charge in [0.15, 0.2) is 11.7 Å². The zero-order chi connectivity index (χ0) is 30.4. The van der Waals surface area contributed by atoms with Crippen LogP contribution < -0.4 is 10.9 Å². The highest BCUT2D eigenvalue weighted by molar-refractivity contribution is 5.94. The number of pyridine rings is 3. The molecule has 0 spiro atoms. The summed E-state index contributed by atoms with van der Waals surface area (Å²) in [6, 6.07) is 3.23. The minimum absolute atomic E-state index is 0.0210. The lowest BCUT2D eigenvalue weighted by atomic mass is 9.81. The highest BCUT2D eigenvalue weighted by atomic mass is 19.1. The van der Waals surface area contributed by atoms with E-state index in [0.717, 1.165) is 17.8 Å². The van der Waals surface area contributed by atoms with E-state index in [1.807, 2.05) is 0 Å². The van der Waals surface area contributed by atoms with Crippen LogP contribution in [-0.4, -0.2) is 36.6 Å². The maximum absolute atomic E-state index is 15.1. The number of aliphatic hydroxyl groups excluding tert-OH is 1. The van der Waals surface area contributed by atoms with Crippen molar-refractivity contribution in [1.29, 1.82) is 0 Å². The van der Waals surface area contributed by atoms with Crippen molar-refractivity contribution in [3.8, 4) is 11.4 Å².